The minimum atomic E-state index is -0.499. The molecule has 6 heteroatoms. The number of carbonyl (C=O) groups excluding carboxylic acids is 1. The molecule has 1 N–H and O–H groups in total. The lowest BCUT2D eigenvalue weighted by molar-refractivity contribution is -0.112. The van der Waals surface area contributed by atoms with Gasteiger partial charge in [-0.15, -0.1) is 0 Å². The first kappa shape index (κ1) is 23.1. The van der Waals surface area contributed by atoms with Gasteiger partial charge in [-0.3, -0.25) is 4.79 Å². The van der Waals surface area contributed by atoms with Crippen LogP contribution in [0.5, 0.6) is 11.5 Å². The van der Waals surface area contributed by atoms with Crippen molar-refractivity contribution in [2.75, 3.05) is 12.4 Å². The van der Waals surface area contributed by atoms with Crippen molar-refractivity contribution in [3.63, 3.8) is 0 Å². The van der Waals surface area contributed by atoms with Crippen LogP contribution in [-0.4, -0.2) is 13.0 Å². The highest BCUT2D eigenvalue weighted by molar-refractivity contribution is 9.10. The molecule has 4 aromatic carbocycles. The number of nitrogens with one attached hydrogen (secondary N) is 1. The maximum absolute atomic E-state index is 12.7. The van der Waals surface area contributed by atoms with Gasteiger partial charge >= 0.3 is 0 Å². The average Bonchev–Trinajstić information content (AvgIpc) is 2.87. The third-order valence-electron chi connectivity index (χ3n) is 5.25. The van der Waals surface area contributed by atoms with E-state index in [0.29, 0.717) is 29.4 Å². The molecule has 0 saturated heterocycles. The molecule has 0 bridgehead atoms. The molecule has 0 saturated carbocycles. The summed E-state index contributed by atoms with van der Waals surface area (Å²) in [7, 11) is 1.58. The molecule has 1 amide bonds. The Balaban J connectivity index is 1.61. The molecule has 0 spiro atoms. The van der Waals surface area contributed by atoms with Crippen molar-refractivity contribution in [2.45, 2.75) is 6.61 Å². The van der Waals surface area contributed by atoms with Crippen LogP contribution >= 0.6 is 15.9 Å². The van der Waals surface area contributed by atoms with E-state index in [2.05, 4.69) is 39.4 Å². The number of amides is 1. The first-order valence-electron chi connectivity index (χ1n) is 10.5. The van der Waals surface area contributed by atoms with Crippen LogP contribution in [0.2, 0.25) is 0 Å². The van der Waals surface area contributed by atoms with Crippen molar-refractivity contribution < 1.29 is 14.3 Å². The van der Waals surface area contributed by atoms with Crippen molar-refractivity contribution >= 4 is 44.4 Å². The number of ether oxygens (including phenoxy) is 2. The summed E-state index contributed by atoms with van der Waals surface area (Å²) in [5.41, 5.74) is 2.19. The molecule has 168 valence electrons. The summed E-state index contributed by atoms with van der Waals surface area (Å²) in [6.07, 6.45) is 1.52. The average molecular weight is 513 g/mol. The standard InChI is InChI=1S/C28H21BrN2O3/c1-33-25-14-9-20(15-22(17-30)28(32)31-24-12-10-23(29)11-13-24)27(16-25)34-18-21-7-4-6-19-5-2-3-8-26(19)21/h2-16H,18H2,1H3,(H,31,32)/b22-15+. The number of halogens is 1. The highest BCUT2D eigenvalue weighted by Crippen LogP contribution is 2.29. The van der Waals surface area contributed by atoms with Gasteiger partial charge in [-0.25, -0.2) is 0 Å². The molecule has 0 radical (unpaired) electrons. The van der Waals surface area contributed by atoms with Crippen LogP contribution in [0.15, 0.2) is 95.0 Å². The zero-order valence-electron chi connectivity index (χ0n) is 18.4. The van der Waals surface area contributed by atoms with Crippen LogP contribution in [0.25, 0.3) is 16.8 Å². The Morgan fingerprint density at radius 1 is 1.03 bits per heavy atom. The number of benzene rings is 4. The summed E-state index contributed by atoms with van der Waals surface area (Å²) in [5, 5.41) is 14.6. The van der Waals surface area contributed by atoms with E-state index in [-0.39, 0.29) is 5.57 Å². The molecule has 0 aliphatic heterocycles. The van der Waals surface area contributed by atoms with Gasteiger partial charge in [0.1, 0.15) is 29.7 Å². The summed E-state index contributed by atoms with van der Waals surface area (Å²) < 4.78 is 12.4. The van der Waals surface area contributed by atoms with E-state index in [1.807, 2.05) is 42.5 Å². The molecular formula is C28H21BrN2O3. The topological polar surface area (TPSA) is 71.3 Å². The molecule has 0 aliphatic rings. The second-order valence-electron chi connectivity index (χ2n) is 7.46. The number of nitrogens with zero attached hydrogens (tertiary/aromatic N) is 1. The van der Waals surface area contributed by atoms with Crippen LogP contribution < -0.4 is 14.8 Å². The number of carbonyl (C=O) groups is 1. The number of hydrogen-bond donors (Lipinski definition) is 1. The predicted molar refractivity (Wildman–Crippen MR) is 138 cm³/mol. The number of nitriles is 1. The second kappa shape index (κ2) is 10.7. The Morgan fingerprint density at radius 3 is 2.56 bits per heavy atom. The van der Waals surface area contributed by atoms with Crippen molar-refractivity contribution in [2.24, 2.45) is 0 Å². The zero-order chi connectivity index (χ0) is 23.9. The summed E-state index contributed by atoms with van der Waals surface area (Å²) >= 11 is 3.36. The van der Waals surface area contributed by atoms with Gasteiger partial charge in [0.25, 0.3) is 5.91 Å². The maximum atomic E-state index is 12.7. The van der Waals surface area contributed by atoms with Crippen LogP contribution in [0, 0.1) is 11.3 Å². The molecule has 0 heterocycles. The van der Waals surface area contributed by atoms with Crippen molar-refractivity contribution in [1.82, 2.24) is 0 Å². The van der Waals surface area contributed by atoms with Gasteiger partial charge in [-0.05, 0) is 58.8 Å². The normalized spacial score (nSPS) is 11.0. The predicted octanol–water partition coefficient (Wildman–Crippen LogP) is 6.74. The largest absolute Gasteiger partial charge is 0.497 e. The highest BCUT2D eigenvalue weighted by Gasteiger charge is 2.13. The van der Waals surface area contributed by atoms with Gasteiger partial charge in [0.15, 0.2) is 0 Å². The van der Waals surface area contributed by atoms with E-state index in [1.165, 1.54) is 6.08 Å². The Labute approximate surface area is 206 Å². The van der Waals surface area contributed by atoms with Gasteiger partial charge in [0, 0.05) is 21.8 Å². The fourth-order valence-corrected chi connectivity index (χ4v) is 3.76. The molecule has 34 heavy (non-hydrogen) atoms. The molecule has 0 atom stereocenters. The lowest BCUT2D eigenvalue weighted by atomic mass is 10.1. The maximum Gasteiger partial charge on any atom is 0.266 e. The second-order valence-corrected chi connectivity index (χ2v) is 8.38. The molecule has 4 rings (SSSR count). The molecule has 0 aliphatic carbocycles. The van der Waals surface area contributed by atoms with E-state index in [4.69, 9.17) is 9.47 Å². The molecule has 0 aromatic heterocycles. The number of methoxy groups -OCH3 is 1. The van der Waals surface area contributed by atoms with Gasteiger partial charge in [0.05, 0.1) is 7.11 Å². The lowest BCUT2D eigenvalue weighted by Crippen LogP contribution is -2.13. The number of rotatable bonds is 7. The van der Waals surface area contributed by atoms with Crippen LogP contribution in [0.4, 0.5) is 5.69 Å². The van der Waals surface area contributed by atoms with Crippen molar-refractivity contribution in [3.8, 4) is 17.6 Å². The summed E-state index contributed by atoms with van der Waals surface area (Å²) in [5.74, 6) is 0.625. The minimum Gasteiger partial charge on any atom is -0.497 e. The molecule has 0 fully saturated rings. The smallest absolute Gasteiger partial charge is 0.266 e. The fourth-order valence-electron chi connectivity index (χ4n) is 3.50. The Bertz CT molecular complexity index is 1400. The molecule has 4 aromatic rings. The third kappa shape index (κ3) is 5.45. The Hall–Kier alpha value is -4.08. The van der Waals surface area contributed by atoms with Gasteiger partial charge < -0.3 is 14.8 Å². The number of anilines is 1. The van der Waals surface area contributed by atoms with E-state index in [9.17, 15) is 10.1 Å². The van der Waals surface area contributed by atoms with Gasteiger partial charge in [0.2, 0.25) is 0 Å². The lowest BCUT2D eigenvalue weighted by Gasteiger charge is -2.13. The first-order chi connectivity index (χ1) is 16.6. The van der Waals surface area contributed by atoms with Gasteiger partial charge in [-0.2, -0.15) is 5.26 Å². The van der Waals surface area contributed by atoms with Crippen molar-refractivity contribution in [1.29, 1.82) is 5.26 Å². The van der Waals surface area contributed by atoms with E-state index in [0.717, 1.165) is 20.8 Å². The monoisotopic (exact) mass is 512 g/mol. The molecular weight excluding hydrogens is 492 g/mol. The Morgan fingerprint density at radius 2 is 1.79 bits per heavy atom. The highest BCUT2D eigenvalue weighted by atomic mass is 79.9. The van der Waals surface area contributed by atoms with E-state index < -0.39 is 5.91 Å². The van der Waals surface area contributed by atoms with Gasteiger partial charge in [-0.1, -0.05) is 58.4 Å². The SMILES string of the molecule is COc1ccc(/C=C(\C#N)C(=O)Nc2ccc(Br)cc2)c(OCc2cccc3ccccc23)c1. The number of hydrogen-bond acceptors (Lipinski definition) is 4. The minimum absolute atomic E-state index is 0.0388. The first-order valence-corrected chi connectivity index (χ1v) is 11.3. The summed E-state index contributed by atoms with van der Waals surface area (Å²) in [6.45, 7) is 0.322. The Kier molecular flexibility index (Phi) is 7.26. The summed E-state index contributed by atoms with van der Waals surface area (Å²) in [4.78, 5) is 12.7. The zero-order valence-corrected chi connectivity index (χ0v) is 20.0. The van der Waals surface area contributed by atoms with E-state index >= 15 is 0 Å². The third-order valence-corrected chi connectivity index (χ3v) is 5.78. The van der Waals surface area contributed by atoms with Crippen molar-refractivity contribution in [3.05, 3.63) is 106 Å². The quantitative estimate of drug-likeness (QED) is 0.220. The molecule has 0 unspecified atom stereocenters. The fraction of sp³-hybridized carbons (Fsp3) is 0.0714. The van der Waals surface area contributed by atoms with Crippen LogP contribution in [-0.2, 0) is 11.4 Å². The van der Waals surface area contributed by atoms with Crippen LogP contribution in [0.3, 0.4) is 0 Å². The van der Waals surface area contributed by atoms with Crippen LogP contribution in [0.1, 0.15) is 11.1 Å². The molecule has 5 nitrogen and oxygen atoms in total. The number of fused-ring (bicyclic) bond motifs is 1. The summed E-state index contributed by atoms with van der Waals surface area (Å²) in [6, 6.07) is 28.6. The van der Waals surface area contributed by atoms with E-state index in [1.54, 1.807) is 37.4 Å².